The highest BCUT2D eigenvalue weighted by molar-refractivity contribution is 9.10. The number of hydrogen-bond donors (Lipinski definition) is 1. The molecule has 0 aliphatic heterocycles. The first-order chi connectivity index (χ1) is 8.99. The van der Waals surface area contributed by atoms with Crippen LogP contribution < -0.4 is 4.74 Å². The first-order valence-electron chi connectivity index (χ1n) is 5.31. The van der Waals surface area contributed by atoms with Gasteiger partial charge in [-0.1, -0.05) is 0 Å². The lowest BCUT2D eigenvalue weighted by Crippen LogP contribution is -2.08. The van der Waals surface area contributed by atoms with Crippen molar-refractivity contribution in [2.75, 3.05) is 0 Å². The maximum atomic E-state index is 13.3. The molecule has 1 heterocycles. The number of aromatic carboxylic acids is 1. The van der Waals surface area contributed by atoms with Crippen LogP contribution in [0.2, 0.25) is 0 Å². The van der Waals surface area contributed by atoms with Crippen LogP contribution in [0.3, 0.4) is 0 Å². The zero-order chi connectivity index (χ0) is 14.0. The lowest BCUT2D eigenvalue weighted by Gasteiger charge is -2.08. The van der Waals surface area contributed by atoms with E-state index in [9.17, 15) is 9.18 Å². The smallest absolute Gasteiger partial charge is 0.339 e. The molecule has 19 heavy (non-hydrogen) atoms. The summed E-state index contributed by atoms with van der Waals surface area (Å²) in [5.41, 5.74) is 0.482. The van der Waals surface area contributed by atoms with E-state index in [-0.39, 0.29) is 12.2 Å². The summed E-state index contributed by atoms with van der Waals surface area (Å²) in [7, 11) is 1.62. The Kier molecular flexibility index (Phi) is 3.84. The number of hydrogen-bond acceptors (Lipinski definition) is 3. The third-order valence-electron chi connectivity index (χ3n) is 2.56. The number of rotatable bonds is 4. The zero-order valence-corrected chi connectivity index (χ0v) is 11.5. The minimum atomic E-state index is -1.08. The third-order valence-corrected chi connectivity index (χ3v) is 3.20. The van der Waals surface area contributed by atoms with E-state index in [1.165, 1.54) is 23.0 Å². The van der Waals surface area contributed by atoms with Gasteiger partial charge in [0, 0.05) is 13.1 Å². The topological polar surface area (TPSA) is 64.4 Å². The van der Waals surface area contributed by atoms with E-state index in [1.54, 1.807) is 13.1 Å². The van der Waals surface area contributed by atoms with Gasteiger partial charge in [-0.25, -0.2) is 9.18 Å². The van der Waals surface area contributed by atoms with Crippen LogP contribution >= 0.6 is 15.9 Å². The highest BCUT2D eigenvalue weighted by Gasteiger charge is 2.15. The van der Waals surface area contributed by atoms with Gasteiger partial charge in [0.2, 0.25) is 0 Å². The van der Waals surface area contributed by atoms with Crippen molar-refractivity contribution >= 4 is 21.9 Å². The number of aryl methyl sites for hydroxylation is 1. The van der Waals surface area contributed by atoms with Gasteiger partial charge in [0.15, 0.2) is 0 Å². The summed E-state index contributed by atoms with van der Waals surface area (Å²) in [6.45, 7) is -0.000788. The molecule has 0 aliphatic rings. The summed E-state index contributed by atoms with van der Waals surface area (Å²) in [5.74, 6) is -1.20. The highest BCUT2D eigenvalue weighted by Crippen LogP contribution is 2.22. The summed E-state index contributed by atoms with van der Waals surface area (Å²) in [4.78, 5) is 11.0. The second-order valence-electron chi connectivity index (χ2n) is 3.80. The van der Waals surface area contributed by atoms with Gasteiger partial charge in [-0.15, -0.1) is 0 Å². The van der Waals surface area contributed by atoms with Gasteiger partial charge in [-0.3, -0.25) is 4.68 Å². The van der Waals surface area contributed by atoms with E-state index in [4.69, 9.17) is 9.84 Å². The van der Waals surface area contributed by atoms with Gasteiger partial charge < -0.3 is 9.84 Å². The molecule has 1 N–H and O–H groups in total. The standard InChI is InChI=1S/C12H10BrFN2O3/c1-16-11(8(5-15-16)12(17)18)6-19-7-2-3-9(13)10(14)4-7/h2-5H,6H2,1H3,(H,17,18). The third kappa shape index (κ3) is 2.93. The van der Waals surface area contributed by atoms with E-state index in [0.29, 0.717) is 15.9 Å². The van der Waals surface area contributed by atoms with Crippen LogP contribution in [0.25, 0.3) is 0 Å². The SMILES string of the molecule is Cn1ncc(C(=O)O)c1COc1ccc(Br)c(F)c1. The Hall–Kier alpha value is -1.89. The van der Waals surface area contributed by atoms with Gasteiger partial charge in [0.1, 0.15) is 23.7 Å². The van der Waals surface area contributed by atoms with Crippen LogP contribution in [0, 0.1) is 5.82 Å². The molecule has 0 fully saturated rings. The van der Waals surface area contributed by atoms with E-state index < -0.39 is 11.8 Å². The van der Waals surface area contributed by atoms with Gasteiger partial charge in [-0.05, 0) is 28.1 Å². The molecule has 0 radical (unpaired) electrons. The summed E-state index contributed by atoms with van der Waals surface area (Å²) >= 11 is 3.04. The lowest BCUT2D eigenvalue weighted by molar-refractivity contribution is 0.0693. The molecular weight excluding hydrogens is 319 g/mol. The monoisotopic (exact) mass is 328 g/mol. The molecule has 1 aromatic carbocycles. The predicted molar refractivity (Wildman–Crippen MR) is 68.6 cm³/mol. The molecule has 0 amide bonds. The van der Waals surface area contributed by atoms with Crippen LogP contribution in [-0.2, 0) is 13.7 Å². The minimum absolute atomic E-state index is 0.000788. The van der Waals surface area contributed by atoms with Gasteiger partial charge in [0.25, 0.3) is 0 Å². The second-order valence-corrected chi connectivity index (χ2v) is 4.65. The number of nitrogens with zero attached hydrogens (tertiary/aromatic N) is 2. The van der Waals surface area contributed by atoms with Crippen molar-refractivity contribution < 1.29 is 19.0 Å². The molecule has 0 spiro atoms. The molecule has 1 aromatic heterocycles. The molecule has 100 valence electrons. The predicted octanol–water partition coefficient (Wildman–Crippen LogP) is 2.60. The molecule has 0 atom stereocenters. The molecule has 0 saturated heterocycles. The molecular formula is C12H10BrFN2O3. The molecule has 2 aromatic rings. The van der Waals surface area contributed by atoms with Crippen molar-refractivity contribution in [2.24, 2.45) is 7.05 Å². The van der Waals surface area contributed by atoms with Crippen molar-refractivity contribution in [3.63, 3.8) is 0 Å². The van der Waals surface area contributed by atoms with E-state index in [1.807, 2.05) is 0 Å². The number of benzene rings is 1. The maximum absolute atomic E-state index is 13.3. The second kappa shape index (κ2) is 5.40. The van der Waals surface area contributed by atoms with E-state index in [2.05, 4.69) is 21.0 Å². The Morgan fingerprint density at radius 2 is 2.32 bits per heavy atom. The van der Waals surface area contributed by atoms with Crippen molar-refractivity contribution in [1.29, 1.82) is 0 Å². The quantitative estimate of drug-likeness (QED) is 0.936. The number of ether oxygens (including phenoxy) is 1. The Bertz CT molecular complexity index is 627. The Morgan fingerprint density at radius 1 is 1.58 bits per heavy atom. The Labute approximate surface area is 116 Å². The number of aromatic nitrogens is 2. The van der Waals surface area contributed by atoms with Crippen LogP contribution in [0.5, 0.6) is 5.75 Å². The Morgan fingerprint density at radius 3 is 2.95 bits per heavy atom. The lowest BCUT2D eigenvalue weighted by atomic mass is 10.2. The molecule has 5 nitrogen and oxygen atoms in total. The largest absolute Gasteiger partial charge is 0.487 e. The summed E-state index contributed by atoms with van der Waals surface area (Å²) in [6, 6.07) is 4.33. The first kappa shape index (κ1) is 13.5. The molecule has 2 rings (SSSR count). The van der Waals surface area contributed by atoms with Gasteiger partial charge >= 0.3 is 5.97 Å². The van der Waals surface area contributed by atoms with Gasteiger partial charge in [0.05, 0.1) is 16.4 Å². The van der Waals surface area contributed by atoms with Crippen LogP contribution in [0.15, 0.2) is 28.9 Å². The van der Waals surface area contributed by atoms with Crippen molar-refractivity contribution in [2.45, 2.75) is 6.61 Å². The molecule has 7 heteroatoms. The number of carboxylic acid groups (broad SMARTS) is 1. The average Bonchev–Trinajstić information content (AvgIpc) is 2.72. The fourth-order valence-electron chi connectivity index (χ4n) is 1.53. The molecule has 0 aliphatic carbocycles. The van der Waals surface area contributed by atoms with Crippen LogP contribution in [0.4, 0.5) is 4.39 Å². The fourth-order valence-corrected chi connectivity index (χ4v) is 1.78. The maximum Gasteiger partial charge on any atom is 0.339 e. The number of carboxylic acids is 1. The number of carbonyl (C=O) groups is 1. The molecule has 0 unspecified atom stereocenters. The number of halogens is 2. The van der Waals surface area contributed by atoms with E-state index >= 15 is 0 Å². The highest BCUT2D eigenvalue weighted by atomic mass is 79.9. The van der Waals surface area contributed by atoms with Crippen LogP contribution in [-0.4, -0.2) is 20.9 Å². The van der Waals surface area contributed by atoms with E-state index in [0.717, 1.165) is 0 Å². The fraction of sp³-hybridized carbons (Fsp3) is 0.167. The zero-order valence-electron chi connectivity index (χ0n) is 9.93. The molecule has 0 saturated carbocycles. The van der Waals surface area contributed by atoms with Crippen LogP contribution in [0.1, 0.15) is 16.1 Å². The van der Waals surface area contributed by atoms with Gasteiger partial charge in [-0.2, -0.15) is 5.10 Å². The normalized spacial score (nSPS) is 10.5. The van der Waals surface area contributed by atoms with Crippen molar-refractivity contribution in [3.05, 3.63) is 45.9 Å². The van der Waals surface area contributed by atoms with Crippen molar-refractivity contribution in [3.8, 4) is 5.75 Å². The summed E-state index contributed by atoms with van der Waals surface area (Å²) < 4.78 is 20.4. The molecule has 0 bridgehead atoms. The Balaban J connectivity index is 2.16. The first-order valence-corrected chi connectivity index (χ1v) is 6.10. The van der Waals surface area contributed by atoms with Crippen molar-refractivity contribution in [1.82, 2.24) is 9.78 Å². The summed E-state index contributed by atoms with van der Waals surface area (Å²) in [6.07, 6.45) is 1.25. The average molecular weight is 329 g/mol. The minimum Gasteiger partial charge on any atom is -0.487 e. The summed E-state index contributed by atoms with van der Waals surface area (Å²) in [5, 5.41) is 12.8.